The molecule has 118 valence electrons. The molecule has 3 aliphatic rings. The maximum Gasteiger partial charge on any atom is 0.230 e. The summed E-state index contributed by atoms with van der Waals surface area (Å²) in [6, 6.07) is 9.91. The van der Waals surface area contributed by atoms with Crippen molar-refractivity contribution in [2.45, 2.75) is 68.5 Å². The minimum atomic E-state index is -0.273. The van der Waals surface area contributed by atoms with Crippen LogP contribution in [0.1, 0.15) is 50.5 Å². The number of carbonyl (C=O) groups excluding carboxylic acids is 1. The fourth-order valence-electron chi connectivity index (χ4n) is 4.44. The highest BCUT2D eigenvalue weighted by Crippen LogP contribution is 2.44. The molecule has 0 radical (unpaired) electrons. The Morgan fingerprint density at radius 3 is 2.32 bits per heavy atom. The standard InChI is InChI=1S/C18H23BrN2O/c19-13-4-2-12(3-5-13)18(8-1-9-18)17(22)21-16-10-14-6-7-15(11-16)20-14/h2-5,14-16,20H,1,6-11H2,(H,21,22). The van der Waals surface area contributed by atoms with Gasteiger partial charge in [-0.05, 0) is 56.2 Å². The highest BCUT2D eigenvalue weighted by atomic mass is 79.9. The Morgan fingerprint density at radius 1 is 1.14 bits per heavy atom. The number of amides is 1. The van der Waals surface area contributed by atoms with Gasteiger partial charge >= 0.3 is 0 Å². The summed E-state index contributed by atoms with van der Waals surface area (Å²) in [6.07, 6.45) is 7.86. The van der Waals surface area contributed by atoms with E-state index in [-0.39, 0.29) is 11.3 Å². The van der Waals surface area contributed by atoms with E-state index < -0.39 is 0 Å². The highest BCUT2D eigenvalue weighted by molar-refractivity contribution is 9.10. The number of hydrogen-bond donors (Lipinski definition) is 2. The minimum Gasteiger partial charge on any atom is -0.352 e. The van der Waals surface area contributed by atoms with Crippen LogP contribution in [-0.4, -0.2) is 24.0 Å². The zero-order valence-electron chi connectivity index (χ0n) is 12.8. The van der Waals surface area contributed by atoms with Crippen molar-refractivity contribution in [3.05, 3.63) is 34.3 Å². The van der Waals surface area contributed by atoms with E-state index in [1.54, 1.807) is 0 Å². The number of carbonyl (C=O) groups is 1. The van der Waals surface area contributed by atoms with Crippen LogP contribution >= 0.6 is 15.9 Å². The molecule has 2 saturated heterocycles. The molecular weight excluding hydrogens is 340 g/mol. The topological polar surface area (TPSA) is 41.1 Å². The average molecular weight is 363 g/mol. The van der Waals surface area contributed by atoms with Gasteiger partial charge in [-0.3, -0.25) is 4.79 Å². The van der Waals surface area contributed by atoms with Crippen LogP contribution in [0, 0.1) is 0 Å². The molecule has 3 nitrogen and oxygen atoms in total. The lowest BCUT2D eigenvalue weighted by molar-refractivity contribution is -0.131. The first-order chi connectivity index (χ1) is 10.7. The van der Waals surface area contributed by atoms with Crippen LogP contribution in [-0.2, 0) is 10.2 Å². The van der Waals surface area contributed by atoms with Gasteiger partial charge in [0.1, 0.15) is 0 Å². The summed E-state index contributed by atoms with van der Waals surface area (Å²) < 4.78 is 1.07. The molecule has 0 aromatic heterocycles. The van der Waals surface area contributed by atoms with Gasteiger partial charge in [0, 0.05) is 22.6 Å². The van der Waals surface area contributed by atoms with Gasteiger partial charge in [0.05, 0.1) is 5.41 Å². The number of halogens is 1. The molecule has 2 aliphatic heterocycles. The first-order valence-electron chi connectivity index (χ1n) is 8.49. The predicted molar refractivity (Wildman–Crippen MR) is 90.8 cm³/mol. The summed E-state index contributed by atoms with van der Waals surface area (Å²) >= 11 is 3.48. The molecule has 2 unspecified atom stereocenters. The van der Waals surface area contributed by atoms with E-state index in [9.17, 15) is 4.79 Å². The minimum absolute atomic E-state index is 0.257. The lowest BCUT2D eigenvalue weighted by Crippen LogP contribution is -2.55. The summed E-state index contributed by atoms with van der Waals surface area (Å²) in [6.45, 7) is 0. The van der Waals surface area contributed by atoms with Gasteiger partial charge in [0.15, 0.2) is 0 Å². The normalized spacial score (nSPS) is 32.3. The molecule has 1 aliphatic carbocycles. The Hall–Kier alpha value is -0.870. The lowest BCUT2D eigenvalue weighted by Gasteiger charge is -2.42. The highest BCUT2D eigenvalue weighted by Gasteiger charge is 2.46. The second kappa shape index (κ2) is 5.64. The number of benzene rings is 1. The van der Waals surface area contributed by atoms with E-state index >= 15 is 0 Å². The van der Waals surface area contributed by atoms with Gasteiger partial charge < -0.3 is 10.6 Å². The Labute approximate surface area is 140 Å². The van der Waals surface area contributed by atoms with Crippen LogP contribution in [0.25, 0.3) is 0 Å². The molecule has 1 aromatic carbocycles. The van der Waals surface area contributed by atoms with Crippen molar-refractivity contribution in [1.29, 1.82) is 0 Å². The Morgan fingerprint density at radius 2 is 1.77 bits per heavy atom. The van der Waals surface area contributed by atoms with Crippen LogP contribution in [0.4, 0.5) is 0 Å². The molecule has 2 N–H and O–H groups in total. The zero-order chi connectivity index (χ0) is 15.2. The predicted octanol–water partition coefficient (Wildman–Crippen LogP) is 3.27. The molecule has 2 atom stereocenters. The summed E-state index contributed by atoms with van der Waals surface area (Å²) in [5.74, 6) is 0.257. The molecular formula is C18H23BrN2O. The van der Waals surface area contributed by atoms with Crippen molar-refractivity contribution in [3.8, 4) is 0 Å². The largest absolute Gasteiger partial charge is 0.352 e. The monoisotopic (exact) mass is 362 g/mol. The van der Waals surface area contributed by atoms with Gasteiger partial charge in [0.25, 0.3) is 0 Å². The summed E-state index contributed by atoms with van der Waals surface area (Å²) in [7, 11) is 0. The number of hydrogen-bond acceptors (Lipinski definition) is 2. The molecule has 1 saturated carbocycles. The van der Waals surface area contributed by atoms with E-state index in [0.29, 0.717) is 18.1 Å². The van der Waals surface area contributed by atoms with Gasteiger partial charge in [-0.15, -0.1) is 0 Å². The second-order valence-electron chi connectivity index (χ2n) is 7.22. The Balaban J connectivity index is 1.49. The summed E-state index contributed by atoms with van der Waals surface area (Å²) in [4.78, 5) is 13.0. The maximum atomic E-state index is 13.0. The molecule has 22 heavy (non-hydrogen) atoms. The first kappa shape index (κ1) is 14.7. The van der Waals surface area contributed by atoms with Crippen LogP contribution in [0.15, 0.2) is 28.7 Å². The van der Waals surface area contributed by atoms with Crippen molar-refractivity contribution in [1.82, 2.24) is 10.6 Å². The molecule has 1 amide bonds. The maximum absolute atomic E-state index is 13.0. The fourth-order valence-corrected chi connectivity index (χ4v) is 4.71. The zero-order valence-corrected chi connectivity index (χ0v) is 14.4. The van der Waals surface area contributed by atoms with Crippen molar-refractivity contribution in [2.24, 2.45) is 0 Å². The fraction of sp³-hybridized carbons (Fsp3) is 0.611. The molecule has 3 fully saturated rings. The van der Waals surface area contributed by atoms with Crippen molar-refractivity contribution >= 4 is 21.8 Å². The molecule has 4 heteroatoms. The average Bonchev–Trinajstić information content (AvgIpc) is 2.79. The third-order valence-electron chi connectivity index (χ3n) is 5.85. The summed E-state index contributed by atoms with van der Waals surface area (Å²) in [5.41, 5.74) is 0.904. The molecule has 0 spiro atoms. The van der Waals surface area contributed by atoms with E-state index in [1.165, 1.54) is 18.4 Å². The third-order valence-corrected chi connectivity index (χ3v) is 6.38. The number of fused-ring (bicyclic) bond motifs is 2. The number of rotatable bonds is 3. The van der Waals surface area contributed by atoms with Gasteiger partial charge in [-0.1, -0.05) is 34.5 Å². The van der Waals surface area contributed by atoms with Crippen LogP contribution in [0.2, 0.25) is 0 Å². The van der Waals surface area contributed by atoms with E-state index in [0.717, 1.165) is 36.6 Å². The van der Waals surface area contributed by atoms with Crippen molar-refractivity contribution in [2.75, 3.05) is 0 Å². The van der Waals surface area contributed by atoms with Crippen molar-refractivity contribution in [3.63, 3.8) is 0 Å². The molecule has 1 aromatic rings. The molecule has 2 heterocycles. The number of nitrogens with one attached hydrogen (secondary N) is 2. The SMILES string of the molecule is O=C(NC1CC2CCC(C1)N2)C1(c2ccc(Br)cc2)CCC1. The van der Waals surface area contributed by atoms with Gasteiger partial charge in [0.2, 0.25) is 5.91 Å². The van der Waals surface area contributed by atoms with Gasteiger partial charge in [-0.2, -0.15) is 0 Å². The van der Waals surface area contributed by atoms with Crippen molar-refractivity contribution < 1.29 is 4.79 Å². The smallest absolute Gasteiger partial charge is 0.230 e. The lowest BCUT2D eigenvalue weighted by atomic mass is 9.63. The molecule has 2 bridgehead atoms. The number of piperidine rings is 1. The molecule has 4 rings (SSSR count). The van der Waals surface area contributed by atoms with Crippen LogP contribution in [0.5, 0.6) is 0 Å². The van der Waals surface area contributed by atoms with E-state index in [4.69, 9.17) is 0 Å². The quantitative estimate of drug-likeness (QED) is 0.866. The Kier molecular flexibility index (Phi) is 3.77. The third kappa shape index (κ3) is 2.50. The van der Waals surface area contributed by atoms with E-state index in [1.807, 2.05) is 12.1 Å². The van der Waals surface area contributed by atoms with E-state index in [2.05, 4.69) is 38.7 Å². The summed E-state index contributed by atoms with van der Waals surface area (Å²) in [5, 5.41) is 7.03. The Bertz CT molecular complexity index is 555. The second-order valence-corrected chi connectivity index (χ2v) is 8.14. The first-order valence-corrected chi connectivity index (χ1v) is 9.28. The van der Waals surface area contributed by atoms with Crippen LogP contribution < -0.4 is 10.6 Å². The van der Waals surface area contributed by atoms with Gasteiger partial charge in [-0.25, -0.2) is 0 Å². The van der Waals surface area contributed by atoms with Crippen LogP contribution in [0.3, 0.4) is 0 Å².